The Bertz CT molecular complexity index is 1040. The van der Waals surface area contributed by atoms with Crippen molar-refractivity contribution < 1.29 is 13.9 Å². The third kappa shape index (κ3) is 3.38. The van der Waals surface area contributed by atoms with Crippen molar-refractivity contribution in [3.05, 3.63) is 70.6 Å². The summed E-state index contributed by atoms with van der Waals surface area (Å²) in [5.74, 6) is 0.0312. The smallest absolute Gasteiger partial charge is 0.254 e. The maximum atomic E-state index is 13.0. The van der Waals surface area contributed by atoms with Gasteiger partial charge >= 0.3 is 0 Å². The molecule has 2 heterocycles. The molecule has 0 unspecified atom stereocenters. The summed E-state index contributed by atoms with van der Waals surface area (Å²) < 4.78 is 10.7. The van der Waals surface area contributed by atoms with E-state index in [9.17, 15) is 9.59 Å². The number of nitrogens with zero attached hydrogens (tertiary/aromatic N) is 1. The second-order valence-electron chi connectivity index (χ2n) is 6.83. The van der Waals surface area contributed by atoms with E-state index in [0.717, 1.165) is 30.5 Å². The first-order chi connectivity index (χ1) is 13.2. The number of rotatable bonds is 4. The zero-order valence-corrected chi connectivity index (χ0v) is 15.2. The summed E-state index contributed by atoms with van der Waals surface area (Å²) in [7, 11) is 1.67. The van der Waals surface area contributed by atoms with E-state index in [1.165, 1.54) is 12.3 Å². The number of likely N-dealkylation sites (tertiary alicyclic amines) is 1. The van der Waals surface area contributed by atoms with Crippen LogP contribution < -0.4 is 5.43 Å². The predicted octanol–water partition coefficient (Wildman–Crippen LogP) is 3.71. The van der Waals surface area contributed by atoms with Gasteiger partial charge in [0.2, 0.25) is 0 Å². The van der Waals surface area contributed by atoms with Crippen LogP contribution in [-0.2, 0) is 4.74 Å². The Kier molecular flexibility index (Phi) is 4.77. The molecule has 1 amide bonds. The molecule has 4 rings (SSSR count). The number of carbonyl (C=O) groups excluding carboxylic acids is 1. The molecule has 0 bridgehead atoms. The fourth-order valence-corrected chi connectivity index (χ4v) is 3.73. The number of fused-ring (bicyclic) bond motifs is 1. The molecule has 5 nitrogen and oxygen atoms in total. The van der Waals surface area contributed by atoms with Gasteiger partial charge in [0.05, 0.1) is 24.3 Å². The fraction of sp³-hybridized carbons (Fsp3) is 0.273. The van der Waals surface area contributed by atoms with Crippen molar-refractivity contribution in [1.82, 2.24) is 4.90 Å². The van der Waals surface area contributed by atoms with E-state index in [0.29, 0.717) is 23.1 Å². The summed E-state index contributed by atoms with van der Waals surface area (Å²) in [5, 5.41) is 0.549. The molecule has 2 aromatic carbocycles. The summed E-state index contributed by atoms with van der Waals surface area (Å²) in [4.78, 5) is 26.8. The van der Waals surface area contributed by atoms with Crippen LogP contribution in [0.3, 0.4) is 0 Å². The van der Waals surface area contributed by atoms with Crippen LogP contribution in [0.1, 0.15) is 23.2 Å². The number of amides is 1. The number of methoxy groups -OCH3 is 1. The Morgan fingerprint density at radius 2 is 2.04 bits per heavy atom. The molecule has 5 heteroatoms. The van der Waals surface area contributed by atoms with E-state index in [1.807, 2.05) is 41.3 Å². The number of hydrogen-bond acceptors (Lipinski definition) is 4. The molecule has 0 saturated carbocycles. The van der Waals surface area contributed by atoms with E-state index in [2.05, 4.69) is 0 Å². The van der Waals surface area contributed by atoms with Gasteiger partial charge in [-0.05, 0) is 48.2 Å². The molecule has 0 radical (unpaired) electrons. The third-order valence-corrected chi connectivity index (χ3v) is 5.10. The number of hydrogen-bond donors (Lipinski definition) is 0. The van der Waals surface area contributed by atoms with Crippen LogP contribution in [-0.4, -0.2) is 37.1 Å². The molecular weight excluding hydrogens is 342 g/mol. The lowest BCUT2D eigenvalue weighted by Gasteiger charge is -2.24. The number of benzene rings is 2. The van der Waals surface area contributed by atoms with E-state index in [1.54, 1.807) is 13.2 Å². The zero-order valence-electron chi connectivity index (χ0n) is 15.2. The molecule has 0 spiro atoms. The summed E-state index contributed by atoms with van der Waals surface area (Å²) in [5.41, 5.74) is 2.95. The Labute approximate surface area is 157 Å². The lowest BCUT2D eigenvalue weighted by Crippen LogP contribution is -2.38. The Balaban J connectivity index is 1.66. The van der Waals surface area contributed by atoms with Gasteiger partial charge in [0.1, 0.15) is 5.58 Å². The van der Waals surface area contributed by atoms with Crippen molar-refractivity contribution in [2.24, 2.45) is 0 Å². The molecule has 27 heavy (non-hydrogen) atoms. The van der Waals surface area contributed by atoms with Crippen molar-refractivity contribution in [1.29, 1.82) is 0 Å². The summed E-state index contributed by atoms with van der Waals surface area (Å²) in [6, 6.07) is 14.6. The van der Waals surface area contributed by atoms with Gasteiger partial charge < -0.3 is 14.1 Å². The topological polar surface area (TPSA) is 59.8 Å². The normalized spacial score (nSPS) is 16.8. The molecule has 1 aliphatic heterocycles. The molecular formula is C22H21NO4. The summed E-state index contributed by atoms with van der Waals surface area (Å²) >= 11 is 0. The third-order valence-electron chi connectivity index (χ3n) is 5.10. The van der Waals surface area contributed by atoms with Gasteiger partial charge in [-0.1, -0.05) is 18.2 Å². The van der Waals surface area contributed by atoms with Crippen molar-refractivity contribution in [3.8, 4) is 11.1 Å². The van der Waals surface area contributed by atoms with Crippen molar-refractivity contribution >= 4 is 16.9 Å². The van der Waals surface area contributed by atoms with Gasteiger partial charge in [-0.15, -0.1) is 0 Å². The maximum absolute atomic E-state index is 13.0. The molecule has 1 saturated heterocycles. The van der Waals surface area contributed by atoms with Gasteiger partial charge in [-0.3, -0.25) is 9.59 Å². The Morgan fingerprint density at radius 1 is 1.19 bits per heavy atom. The van der Waals surface area contributed by atoms with Gasteiger partial charge in [-0.25, -0.2) is 0 Å². The second kappa shape index (κ2) is 7.37. The summed E-state index contributed by atoms with van der Waals surface area (Å²) in [6.07, 6.45) is 3.38. The van der Waals surface area contributed by atoms with E-state index < -0.39 is 0 Å². The monoisotopic (exact) mass is 363 g/mol. The van der Waals surface area contributed by atoms with Crippen LogP contribution >= 0.6 is 0 Å². The first kappa shape index (κ1) is 17.5. The first-order valence-corrected chi connectivity index (χ1v) is 9.09. The summed E-state index contributed by atoms with van der Waals surface area (Å²) in [6.45, 7) is 1.33. The largest absolute Gasteiger partial charge is 0.464 e. The Morgan fingerprint density at radius 3 is 2.89 bits per heavy atom. The van der Waals surface area contributed by atoms with E-state index in [-0.39, 0.29) is 17.4 Å². The van der Waals surface area contributed by atoms with Gasteiger partial charge in [0.25, 0.3) is 5.91 Å². The molecule has 1 aromatic heterocycles. The highest BCUT2D eigenvalue weighted by atomic mass is 16.5. The lowest BCUT2D eigenvalue weighted by molar-refractivity contribution is 0.0630. The highest BCUT2D eigenvalue weighted by molar-refractivity contribution is 5.96. The van der Waals surface area contributed by atoms with Gasteiger partial charge in [-0.2, -0.15) is 0 Å². The van der Waals surface area contributed by atoms with Crippen molar-refractivity contribution in [2.75, 3.05) is 20.3 Å². The minimum Gasteiger partial charge on any atom is -0.464 e. The molecule has 138 valence electrons. The van der Waals surface area contributed by atoms with Gasteiger partial charge in [0.15, 0.2) is 5.43 Å². The second-order valence-corrected chi connectivity index (χ2v) is 6.83. The predicted molar refractivity (Wildman–Crippen MR) is 104 cm³/mol. The van der Waals surface area contributed by atoms with E-state index in [4.69, 9.17) is 9.15 Å². The molecule has 0 N–H and O–H groups in total. The van der Waals surface area contributed by atoms with Crippen molar-refractivity contribution in [2.45, 2.75) is 18.9 Å². The quantitative estimate of drug-likeness (QED) is 0.709. The molecule has 1 fully saturated rings. The van der Waals surface area contributed by atoms with Crippen LogP contribution in [0, 0.1) is 0 Å². The molecule has 1 aliphatic rings. The fourth-order valence-electron chi connectivity index (χ4n) is 3.73. The van der Waals surface area contributed by atoms with E-state index >= 15 is 0 Å². The molecule has 3 aromatic rings. The number of ether oxygens (including phenoxy) is 1. The minimum atomic E-state index is -0.0649. The zero-order chi connectivity index (χ0) is 18.8. The average molecular weight is 363 g/mol. The van der Waals surface area contributed by atoms with Crippen molar-refractivity contribution in [3.63, 3.8) is 0 Å². The molecule has 0 aliphatic carbocycles. The van der Waals surface area contributed by atoms with Crippen LogP contribution in [0.5, 0.6) is 0 Å². The minimum absolute atomic E-state index is 0.0312. The SMILES string of the molecule is COC[C@@H]1CCCN1C(=O)c1cccc(-c2ccc3c(=O)ccoc3c2)c1. The van der Waals surface area contributed by atoms with Crippen LogP contribution in [0.25, 0.3) is 22.1 Å². The maximum Gasteiger partial charge on any atom is 0.254 e. The Hall–Kier alpha value is -2.92. The average Bonchev–Trinajstić information content (AvgIpc) is 3.16. The standard InChI is InChI=1S/C22H21NO4/c1-26-14-18-6-3-10-23(18)22(25)17-5-2-4-15(12-17)16-7-8-19-20(24)9-11-27-21(19)13-16/h2,4-5,7-9,11-13,18H,3,6,10,14H2,1H3/t18-/m0/s1. The van der Waals surface area contributed by atoms with Crippen LogP contribution in [0.15, 0.2) is 64.0 Å². The van der Waals surface area contributed by atoms with Gasteiger partial charge in [0, 0.05) is 25.3 Å². The molecule has 1 atom stereocenters. The number of carbonyl (C=O) groups is 1. The van der Waals surface area contributed by atoms with Crippen LogP contribution in [0.4, 0.5) is 0 Å². The first-order valence-electron chi connectivity index (χ1n) is 9.09. The van der Waals surface area contributed by atoms with Crippen LogP contribution in [0.2, 0.25) is 0 Å². The highest BCUT2D eigenvalue weighted by Crippen LogP contribution is 2.26. The highest BCUT2D eigenvalue weighted by Gasteiger charge is 2.29. The lowest BCUT2D eigenvalue weighted by atomic mass is 10.0.